The molecule has 0 aliphatic carbocycles. The Kier molecular flexibility index (Phi) is 7.35. The first kappa shape index (κ1) is 19.5. The van der Waals surface area contributed by atoms with Gasteiger partial charge in [0.25, 0.3) is 0 Å². The number of unbranched alkanes of at least 4 members (excludes halogenated alkanes) is 4. The van der Waals surface area contributed by atoms with Crippen LogP contribution in [0.4, 0.5) is 5.95 Å². The average molecular weight is 382 g/mol. The first-order valence-electron chi connectivity index (χ1n) is 9.86. The quantitative estimate of drug-likeness (QED) is 0.396. The van der Waals surface area contributed by atoms with Crippen LogP contribution in [0.5, 0.6) is 0 Å². The van der Waals surface area contributed by atoms with E-state index in [4.69, 9.17) is 11.6 Å². The van der Waals surface area contributed by atoms with Gasteiger partial charge in [-0.15, -0.1) is 0 Å². The molecular formula is C23H28ClN3. The number of benzene rings is 2. The molecular weight excluding hydrogens is 354 g/mol. The minimum absolute atomic E-state index is 0.778. The fourth-order valence-corrected chi connectivity index (χ4v) is 3.47. The minimum atomic E-state index is 0.778. The van der Waals surface area contributed by atoms with E-state index >= 15 is 0 Å². The maximum atomic E-state index is 6.18. The van der Waals surface area contributed by atoms with E-state index in [1.165, 1.54) is 37.7 Å². The van der Waals surface area contributed by atoms with Crippen LogP contribution in [0.3, 0.4) is 0 Å². The third-order valence-electron chi connectivity index (χ3n) is 4.74. The maximum Gasteiger partial charge on any atom is 0.203 e. The van der Waals surface area contributed by atoms with E-state index in [9.17, 15) is 0 Å². The van der Waals surface area contributed by atoms with Gasteiger partial charge in [0, 0.05) is 18.1 Å². The van der Waals surface area contributed by atoms with Crippen molar-refractivity contribution in [1.82, 2.24) is 9.97 Å². The predicted molar refractivity (Wildman–Crippen MR) is 115 cm³/mol. The summed E-state index contributed by atoms with van der Waals surface area (Å²) in [5, 5.41) is 0.778. The molecule has 2 aromatic carbocycles. The zero-order valence-electron chi connectivity index (χ0n) is 16.0. The molecule has 0 saturated carbocycles. The third-order valence-corrected chi connectivity index (χ3v) is 4.98. The highest BCUT2D eigenvalue weighted by Crippen LogP contribution is 2.22. The molecule has 0 amide bonds. The predicted octanol–water partition coefficient (Wildman–Crippen LogP) is 6.71. The van der Waals surface area contributed by atoms with Crippen molar-refractivity contribution in [3.8, 4) is 11.3 Å². The van der Waals surface area contributed by atoms with Crippen LogP contribution in [0.25, 0.3) is 11.3 Å². The lowest BCUT2D eigenvalue weighted by Gasteiger charge is -2.22. The molecule has 0 aliphatic rings. The Balaban J connectivity index is 1.73. The summed E-state index contributed by atoms with van der Waals surface area (Å²) in [5.41, 5.74) is 3.41. The molecule has 0 aliphatic heterocycles. The third kappa shape index (κ3) is 5.86. The van der Waals surface area contributed by atoms with Crippen LogP contribution in [0.1, 0.15) is 44.6 Å². The Morgan fingerprint density at radius 1 is 0.963 bits per heavy atom. The van der Waals surface area contributed by atoms with Gasteiger partial charge in [0.2, 0.25) is 5.95 Å². The Morgan fingerprint density at radius 3 is 2.56 bits per heavy atom. The Morgan fingerprint density at radius 2 is 1.78 bits per heavy atom. The number of aromatic amines is 1. The van der Waals surface area contributed by atoms with Gasteiger partial charge in [-0.3, -0.25) is 0 Å². The lowest BCUT2D eigenvalue weighted by Crippen LogP contribution is -2.25. The van der Waals surface area contributed by atoms with Crippen molar-refractivity contribution in [2.24, 2.45) is 0 Å². The molecule has 1 N–H and O–H groups in total. The van der Waals surface area contributed by atoms with Gasteiger partial charge in [-0.2, -0.15) is 0 Å². The van der Waals surface area contributed by atoms with Crippen molar-refractivity contribution < 1.29 is 0 Å². The molecule has 0 bridgehead atoms. The molecule has 3 rings (SSSR count). The van der Waals surface area contributed by atoms with Gasteiger partial charge < -0.3 is 9.88 Å². The number of hydrogen-bond donors (Lipinski definition) is 1. The number of hydrogen-bond acceptors (Lipinski definition) is 2. The zero-order chi connectivity index (χ0) is 18.9. The Labute approximate surface area is 167 Å². The van der Waals surface area contributed by atoms with Crippen LogP contribution < -0.4 is 4.90 Å². The summed E-state index contributed by atoms with van der Waals surface area (Å²) in [7, 11) is 0. The first-order chi connectivity index (χ1) is 13.3. The summed E-state index contributed by atoms with van der Waals surface area (Å²) in [6.07, 6.45) is 8.23. The van der Waals surface area contributed by atoms with E-state index < -0.39 is 0 Å². The standard InChI is InChI=1S/C23H28ClN3/c1-2-3-4-5-9-15-27(18-19-11-10-14-21(24)16-19)23-25-17-22(26-23)20-12-7-6-8-13-20/h6-8,10-14,16-17H,2-5,9,15,18H2,1H3,(H,25,26). The van der Waals surface area contributed by atoms with Crippen molar-refractivity contribution in [3.63, 3.8) is 0 Å². The first-order valence-corrected chi connectivity index (χ1v) is 10.2. The van der Waals surface area contributed by atoms with Gasteiger partial charge in [-0.05, 0) is 29.7 Å². The Hall–Kier alpha value is -2.26. The molecule has 0 fully saturated rings. The fourth-order valence-electron chi connectivity index (χ4n) is 3.26. The van der Waals surface area contributed by atoms with Crippen molar-refractivity contribution in [3.05, 3.63) is 71.4 Å². The number of rotatable bonds is 10. The summed E-state index contributed by atoms with van der Waals surface area (Å²) in [4.78, 5) is 10.5. The van der Waals surface area contributed by atoms with E-state index in [1.54, 1.807) is 0 Å². The van der Waals surface area contributed by atoms with Crippen LogP contribution in [0.2, 0.25) is 5.02 Å². The molecule has 0 unspecified atom stereocenters. The highest BCUT2D eigenvalue weighted by atomic mass is 35.5. The van der Waals surface area contributed by atoms with Crippen LogP contribution in [-0.4, -0.2) is 16.5 Å². The largest absolute Gasteiger partial charge is 0.338 e. The topological polar surface area (TPSA) is 31.9 Å². The number of anilines is 1. The lowest BCUT2D eigenvalue weighted by atomic mass is 10.1. The highest BCUT2D eigenvalue weighted by molar-refractivity contribution is 6.30. The highest BCUT2D eigenvalue weighted by Gasteiger charge is 2.12. The van der Waals surface area contributed by atoms with Gasteiger partial charge >= 0.3 is 0 Å². The summed E-state index contributed by atoms with van der Waals surface area (Å²) >= 11 is 6.18. The summed E-state index contributed by atoms with van der Waals surface area (Å²) < 4.78 is 0. The maximum absolute atomic E-state index is 6.18. The van der Waals surface area contributed by atoms with Gasteiger partial charge in [0.05, 0.1) is 11.9 Å². The second-order valence-corrected chi connectivity index (χ2v) is 7.39. The summed E-state index contributed by atoms with van der Waals surface area (Å²) in [5.74, 6) is 0.921. The Bertz CT molecular complexity index is 813. The van der Waals surface area contributed by atoms with Crippen molar-refractivity contribution >= 4 is 17.5 Å². The van der Waals surface area contributed by atoms with Gasteiger partial charge in [-0.25, -0.2) is 4.98 Å². The molecule has 0 spiro atoms. The zero-order valence-corrected chi connectivity index (χ0v) is 16.8. The van der Waals surface area contributed by atoms with Crippen molar-refractivity contribution in [1.29, 1.82) is 0 Å². The SMILES string of the molecule is CCCCCCCN(Cc1cccc(Cl)c1)c1ncc(-c2ccccc2)[nH]1. The number of nitrogens with zero attached hydrogens (tertiary/aromatic N) is 2. The minimum Gasteiger partial charge on any atom is -0.338 e. The molecule has 3 aromatic rings. The lowest BCUT2D eigenvalue weighted by molar-refractivity contribution is 0.613. The second-order valence-electron chi connectivity index (χ2n) is 6.95. The van der Waals surface area contributed by atoms with E-state index in [1.807, 2.05) is 42.6 Å². The van der Waals surface area contributed by atoms with Crippen LogP contribution in [0.15, 0.2) is 60.8 Å². The number of imidazole rings is 1. The van der Waals surface area contributed by atoms with Crippen LogP contribution in [0, 0.1) is 0 Å². The van der Waals surface area contributed by atoms with Crippen LogP contribution in [-0.2, 0) is 6.54 Å². The molecule has 4 heteroatoms. The van der Waals surface area contributed by atoms with Gasteiger partial charge in [0.15, 0.2) is 0 Å². The molecule has 1 aromatic heterocycles. The summed E-state index contributed by atoms with van der Waals surface area (Å²) in [6.45, 7) is 4.04. The second kappa shape index (κ2) is 10.2. The number of halogens is 1. The number of aromatic nitrogens is 2. The van der Waals surface area contributed by atoms with E-state index in [0.717, 1.165) is 35.3 Å². The van der Waals surface area contributed by atoms with Crippen molar-refractivity contribution in [2.75, 3.05) is 11.4 Å². The van der Waals surface area contributed by atoms with E-state index in [0.29, 0.717) is 0 Å². The molecule has 0 radical (unpaired) electrons. The number of H-pyrrole nitrogens is 1. The fraction of sp³-hybridized carbons (Fsp3) is 0.348. The van der Waals surface area contributed by atoms with Crippen LogP contribution >= 0.6 is 11.6 Å². The summed E-state index contributed by atoms with van der Waals surface area (Å²) in [6, 6.07) is 18.4. The average Bonchev–Trinajstić information content (AvgIpc) is 3.18. The molecule has 1 heterocycles. The molecule has 0 atom stereocenters. The molecule has 0 saturated heterocycles. The van der Waals surface area contributed by atoms with E-state index in [2.05, 4.69) is 40.0 Å². The van der Waals surface area contributed by atoms with E-state index in [-0.39, 0.29) is 0 Å². The monoisotopic (exact) mass is 381 g/mol. The van der Waals surface area contributed by atoms with Gasteiger partial charge in [-0.1, -0.05) is 86.7 Å². The molecule has 3 nitrogen and oxygen atoms in total. The molecule has 27 heavy (non-hydrogen) atoms. The van der Waals surface area contributed by atoms with Gasteiger partial charge in [0.1, 0.15) is 0 Å². The smallest absolute Gasteiger partial charge is 0.203 e. The normalized spacial score (nSPS) is 10.9. The van der Waals surface area contributed by atoms with Crippen molar-refractivity contribution in [2.45, 2.75) is 45.6 Å². The molecule has 142 valence electrons. The number of nitrogens with one attached hydrogen (secondary N) is 1.